The number of anilines is 1. The fourth-order valence-electron chi connectivity index (χ4n) is 4.17. The molecule has 1 heterocycles. The first-order chi connectivity index (χ1) is 13.2. The van der Waals surface area contributed by atoms with E-state index in [-0.39, 0.29) is 5.54 Å². The molecular formula is C22H25N3OS. The molecule has 0 radical (unpaired) electrons. The van der Waals surface area contributed by atoms with Gasteiger partial charge in [-0.2, -0.15) is 0 Å². The Morgan fingerprint density at radius 2 is 1.74 bits per heavy atom. The molecule has 140 valence electrons. The first kappa shape index (κ1) is 18.1. The average molecular weight is 380 g/mol. The van der Waals surface area contributed by atoms with E-state index in [9.17, 15) is 5.11 Å². The van der Waals surface area contributed by atoms with E-state index in [1.807, 2.05) is 36.6 Å². The normalized spacial score (nSPS) is 20.3. The van der Waals surface area contributed by atoms with E-state index < -0.39 is 0 Å². The molecule has 4 nitrogen and oxygen atoms in total. The van der Waals surface area contributed by atoms with Crippen molar-refractivity contribution < 1.29 is 5.11 Å². The minimum Gasteiger partial charge on any atom is -0.506 e. The molecule has 1 N–H and O–H groups in total. The zero-order chi connectivity index (χ0) is 18.9. The number of aliphatic imine (C=N–C) groups is 2. The van der Waals surface area contributed by atoms with Crippen LogP contribution in [0.4, 0.5) is 11.4 Å². The summed E-state index contributed by atoms with van der Waals surface area (Å²) in [4.78, 5) is 12.2. The molecule has 4 rings (SSSR count). The molecule has 0 bridgehead atoms. The maximum absolute atomic E-state index is 10.6. The smallest absolute Gasteiger partial charge is 0.171 e. The Morgan fingerprint density at radius 3 is 2.44 bits per heavy atom. The van der Waals surface area contributed by atoms with Crippen molar-refractivity contribution in [3.63, 3.8) is 0 Å². The molecule has 1 fully saturated rings. The molecular weight excluding hydrogens is 354 g/mol. The summed E-state index contributed by atoms with van der Waals surface area (Å²) in [6.07, 6.45) is 7.57. The lowest BCUT2D eigenvalue weighted by Gasteiger charge is -2.42. The van der Waals surface area contributed by atoms with Crippen molar-refractivity contribution in [2.75, 3.05) is 11.2 Å². The van der Waals surface area contributed by atoms with Crippen LogP contribution in [-0.4, -0.2) is 27.9 Å². The standard InChI is InChI=1S/C22H25N3OS/c1-16-10-4-5-11-17(16)23-20-22(14-8-3-9-15-22)25(21(24-20)27-2)18-12-6-7-13-19(18)26/h4-7,10-13,26H,3,8-9,14-15H2,1-2H3. The molecule has 2 aliphatic rings. The predicted molar refractivity (Wildman–Crippen MR) is 116 cm³/mol. The number of para-hydroxylation sites is 3. The van der Waals surface area contributed by atoms with E-state index in [1.54, 1.807) is 17.8 Å². The van der Waals surface area contributed by atoms with Gasteiger partial charge < -0.3 is 10.0 Å². The van der Waals surface area contributed by atoms with Crippen molar-refractivity contribution >= 4 is 34.1 Å². The summed E-state index contributed by atoms with van der Waals surface area (Å²) in [5.74, 6) is 1.17. The van der Waals surface area contributed by atoms with Gasteiger partial charge in [-0.15, -0.1) is 0 Å². The molecule has 5 heteroatoms. The van der Waals surface area contributed by atoms with Gasteiger partial charge in [0.05, 0.1) is 11.4 Å². The highest BCUT2D eigenvalue weighted by Gasteiger charge is 2.50. The highest BCUT2D eigenvalue weighted by molar-refractivity contribution is 8.13. The summed E-state index contributed by atoms with van der Waals surface area (Å²) in [6, 6.07) is 15.8. The number of phenolic OH excluding ortho intramolecular Hbond substituents is 1. The van der Waals surface area contributed by atoms with Crippen molar-refractivity contribution in [3.8, 4) is 5.75 Å². The van der Waals surface area contributed by atoms with Gasteiger partial charge in [0.15, 0.2) is 11.0 Å². The number of rotatable bonds is 2. The minimum atomic E-state index is -0.280. The number of hydrogen-bond donors (Lipinski definition) is 1. The van der Waals surface area contributed by atoms with Crippen molar-refractivity contribution in [1.29, 1.82) is 0 Å². The van der Waals surface area contributed by atoms with Gasteiger partial charge in [-0.3, -0.25) is 0 Å². The topological polar surface area (TPSA) is 48.2 Å². The van der Waals surface area contributed by atoms with Crippen LogP contribution >= 0.6 is 11.8 Å². The van der Waals surface area contributed by atoms with Crippen LogP contribution in [0.5, 0.6) is 5.75 Å². The summed E-state index contributed by atoms with van der Waals surface area (Å²) in [6.45, 7) is 2.09. The second-order valence-electron chi connectivity index (χ2n) is 7.24. The molecule has 2 aromatic carbocycles. The van der Waals surface area contributed by atoms with E-state index in [2.05, 4.69) is 24.0 Å². The average Bonchev–Trinajstić information content (AvgIpc) is 2.97. The molecule has 1 saturated carbocycles. The Bertz CT molecular complexity index is 900. The number of nitrogens with zero attached hydrogens (tertiary/aromatic N) is 3. The minimum absolute atomic E-state index is 0.280. The quantitative estimate of drug-likeness (QED) is 0.731. The van der Waals surface area contributed by atoms with Crippen LogP contribution in [0.15, 0.2) is 58.5 Å². The first-order valence-corrected chi connectivity index (χ1v) is 10.7. The Labute approximate surface area is 165 Å². The highest BCUT2D eigenvalue weighted by atomic mass is 32.2. The van der Waals surface area contributed by atoms with Gasteiger partial charge in [0.25, 0.3) is 0 Å². The summed E-state index contributed by atoms with van der Waals surface area (Å²) in [5, 5.41) is 11.5. The Hall–Kier alpha value is -2.27. The highest BCUT2D eigenvalue weighted by Crippen LogP contribution is 2.46. The number of aryl methyl sites for hydroxylation is 1. The molecule has 2 aromatic rings. The maximum atomic E-state index is 10.6. The molecule has 0 atom stereocenters. The van der Waals surface area contributed by atoms with E-state index in [0.29, 0.717) is 5.75 Å². The lowest BCUT2D eigenvalue weighted by Crippen LogP contribution is -2.52. The summed E-state index contributed by atoms with van der Waals surface area (Å²) < 4.78 is 0. The van der Waals surface area contributed by atoms with Crippen molar-refractivity contribution in [3.05, 3.63) is 54.1 Å². The Kier molecular flexibility index (Phi) is 4.96. The van der Waals surface area contributed by atoms with Gasteiger partial charge in [0.2, 0.25) is 0 Å². The largest absolute Gasteiger partial charge is 0.506 e. The molecule has 0 unspecified atom stereocenters. The molecule has 0 aromatic heterocycles. The molecule has 1 spiro atoms. The van der Waals surface area contributed by atoms with Gasteiger partial charge in [-0.05, 0) is 49.8 Å². The molecule has 0 saturated heterocycles. The molecule has 1 aliphatic carbocycles. The van der Waals surface area contributed by atoms with Crippen LogP contribution in [0, 0.1) is 6.92 Å². The monoisotopic (exact) mass is 379 g/mol. The van der Waals surface area contributed by atoms with E-state index in [0.717, 1.165) is 53.6 Å². The number of phenols is 1. The van der Waals surface area contributed by atoms with Crippen LogP contribution in [-0.2, 0) is 0 Å². The maximum Gasteiger partial charge on any atom is 0.171 e. The summed E-state index contributed by atoms with van der Waals surface area (Å²) >= 11 is 1.61. The molecule has 0 amide bonds. The Balaban J connectivity index is 1.88. The van der Waals surface area contributed by atoms with Crippen LogP contribution in [0.1, 0.15) is 37.7 Å². The third-order valence-corrected chi connectivity index (χ3v) is 6.20. The first-order valence-electron chi connectivity index (χ1n) is 9.51. The van der Waals surface area contributed by atoms with E-state index in [4.69, 9.17) is 9.98 Å². The molecule has 27 heavy (non-hydrogen) atoms. The third-order valence-electron chi connectivity index (χ3n) is 5.56. The van der Waals surface area contributed by atoms with Gasteiger partial charge in [0, 0.05) is 0 Å². The van der Waals surface area contributed by atoms with Gasteiger partial charge in [-0.25, -0.2) is 9.98 Å². The van der Waals surface area contributed by atoms with Crippen LogP contribution in [0.25, 0.3) is 0 Å². The molecule has 1 aliphatic heterocycles. The van der Waals surface area contributed by atoms with Crippen molar-refractivity contribution in [2.45, 2.75) is 44.6 Å². The number of hydrogen-bond acceptors (Lipinski definition) is 4. The van der Waals surface area contributed by atoms with Crippen LogP contribution in [0.2, 0.25) is 0 Å². The zero-order valence-corrected chi connectivity index (χ0v) is 16.7. The third kappa shape index (κ3) is 3.14. The summed E-state index contributed by atoms with van der Waals surface area (Å²) in [5.41, 5.74) is 2.67. The lowest BCUT2D eigenvalue weighted by atomic mass is 9.79. The second kappa shape index (κ2) is 7.39. The number of benzene rings is 2. The van der Waals surface area contributed by atoms with E-state index in [1.165, 1.54) is 6.42 Å². The summed E-state index contributed by atoms with van der Waals surface area (Å²) in [7, 11) is 0. The van der Waals surface area contributed by atoms with Gasteiger partial charge >= 0.3 is 0 Å². The van der Waals surface area contributed by atoms with E-state index >= 15 is 0 Å². The SMILES string of the molecule is CSC1=NC(=Nc2ccccc2C)C2(CCCCC2)N1c1ccccc1O. The predicted octanol–water partition coefficient (Wildman–Crippen LogP) is 5.67. The van der Waals surface area contributed by atoms with Crippen LogP contribution < -0.4 is 4.90 Å². The van der Waals surface area contributed by atoms with Crippen molar-refractivity contribution in [1.82, 2.24) is 0 Å². The fourth-order valence-corrected chi connectivity index (χ4v) is 4.80. The number of aromatic hydroxyl groups is 1. The van der Waals surface area contributed by atoms with Gasteiger partial charge in [-0.1, -0.05) is 61.4 Å². The second-order valence-corrected chi connectivity index (χ2v) is 8.01. The number of thioether (sulfide) groups is 1. The van der Waals surface area contributed by atoms with Gasteiger partial charge in [0.1, 0.15) is 11.3 Å². The Morgan fingerprint density at radius 1 is 1.04 bits per heavy atom. The van der Waals surface area contributed by atoms with Crippen LogP contribution in [0.3, 0.4) is 0 Å². The van der Waals surface area contributed by atoms with Crippen molar-refractivity contribution in [2.24, 2.45) is 9.98 Å². The number of amidine groups is 2. The zero-order valence-electron chi connectivity index (χ0n) is 15.9. The lowest BCUT2D eigenvalue weighted by molar-refractivity contribution is 0.381. The fraction of sp³-hybridized carbons (Fsp3) is 0.364.